The number of phenolic OH excluding ortho intramolecular Hbond substituents is 1. The summed E-state index contributed by atoms with van der Waals surface area (Å²) in [5.41, 5.74) is 5.47. The molecule has 0 spiro atoms. The SMILES string of the molecule is Cc1nc2n(c(=O)c1CCN1CCc3[nH]c4ccc(O)cc4c3C1)CCS2. The van der Waals surface area contributed by atoms with Gasteiger partial charge in [-0.1, -0.05) is 11.8 Å². The monoisotopic (exact) mass is 382 g/mol. The molecule has 0 saturated heterocycles. The van der Waals surface area contributed by atoms with E-state index >= 15 is 0 Å². The minimum Gasteiger partial charge on any atom is -0.508 e. The van der Waals surface area contributed by atoms with E-state index in [4.69, 9.17) is 0 Å². The molecule has 7 heteroatoms. The van der Waals surface area contributed by atoms with Gasteiger partial charge in [-0.2, -0.15) is 0 Å². The highest BCUT2D eigenvalue weighted by Crippen LogP contribution is 2.30. The second kappa shape index (κ2) is 6.42. The Labute approximate surface area is 161 Å². The highest BCUT2D eigenvalue weighted by Gasteiger charge is 2.23. The normalized spacial score (nSPS) is 16.6. The Kier molecular flexibility index (Phi) is 4.02. The van der Waals surface area contributed by atoms with Crippen LogP contribution in [0.3, 0.4) is 0 Å². The first-order valence-corrected chi connectivity index (χ1v) is 10.4. The molecule has 0 saturated carbocycles. The summed E-state index contributed by atoms with van der Waals surface area (Å²) in [4.78, 5) is 23.3. The fourth-order valence-corrected chi connectivity index (χ4v) is 5.21. The summed E-state index contributed by atoms with van der Waals surface area (Å²) >= 11 is 1.66. The smallest absolute Gasteiger partial charge is 0.257 e. The van der Waals surface area contributed by atoms with E-state index in [-0.39, 0.29) is 5.56 Å². The van der Waals surface area contributed by atoms with Crippen molar-refractivity contribution < 1.29 is 5.11 Å². The number of hydrogen-bond donors (Lipinski definition) is 2. The van der Waals surface area contributed by atoms with Gasteiger partial charge in [0.05, 0.1) is 0 Å². The lowest BCUT2D eigenvalue weighted by Crippen LogP contribution is -2.34. The van der Waals surface area contributed by atoms with E-state index in [9.17, 15) is 9.90 Å². The number of aromatic hydroxyl groups is 1. The molecule has 2 aliphatic rings. The molecule has 0 bridgehead atoms. The number of rotatable bonds is 3. The second-order valence-electron chi connectivity index (χ2n) is 7.35. The first kappa shape index (κ1) is 16.9. The number of phenols is 1. The van der Waals surface area contributed by atoms with Gasteiger partial charge in [-0.25, -0.2) is 4.98 Å². The maximum absolute atomic E-state index is 12.8. The molecule has 0 amide bonds. The zero-order chi connectivity index (χ0) is 18.5. The molecule has 6 nitrogen and oxygen atoms in total. The number of fused-ring (bicyclic) bond motifs is 4. The summed E-state index contributed by atoms with van der Waals surface area (Å²) < 4.78 is 1.82. The third-order valence-corrected chi connectivity index (χ3v) is 6.65. The van der Waals surface area contributed by atoms with Crippen LogP contribution in [0.2, 0.25) is 0 Å². The largest absolute Gasteiger partial charge is 0.508 e. The third kappa shape index (κ3) is 2.85. The molecule has 0 unspecified atom stereocenters. The Balaban J connectivity index is 1.37. The zero-order valence-corrected chi connectivity index (χ0v) is 16.1. The van der Waals surface area contributed by atoms with Gasteiger partial charge in [0.2, 0.25) is 0 Å². The minimum atomic E-state index is 0.136. The van der Waals surface area contributed by atoms with Crippen molar-refractivity contribution in [3.8, 4) is 5.75 Å². The highest BCUT2D eigenvalue weighted by atomic mass is 32.2. The van der Waals surface area contributed by atoms with Crippen LogP contribution in [0.4, 0.5) is 0 Å². The number of thioether (sulfide) groups is 1. The van der Waals surface area contributed by atoms with Gasteiger partial charge in [-0.3, -0.25) is 14.3 Å². The van der Waals surface area contributed by atoms with Crippen molar-refractivity contribution in [1.82, 2.24) is 19.4 Å². The molecule has 27 heavy (non-hydrogen) atoms. The van der Waals surface area contributed by atoms with Crippen molar-refractivity contribution in [1.29, 1.82) is 0 Å². The Hall–Kier alpha value is -2.25. The Bertz CT molecular complexity index is 1100. The lowest BCUT2D eigenvalue weighted by molar-refractivity contribution is 0.257. The fraction of sp³-hybridized carbons (Fsp3) is 0.400. The van der Waals surface area contributed by atoms with Crippen molar-refractivity contribution in [3.05, 3.63) is 51.1 Å². The van der Waals surface area contributed by atoms with Crippen molar-refractivity contribution in [2.45, 2.75) is 38.0 Å². The van der Waals surface area contributed by atoms with Crippen LogP contribution in [-0.4, -0.2) is 43.4 Å². The maximum atomic E-state index is 12.8. The molecule has 1 aromatic carbocycles. The molecule has 0 fully saturated rings. The summed E-state index contributed by atoms with van der Waals surface area (Å²) in [5.74, 6) is 1.24. The number of H-pyrrole nitrogens is 1. The lowest BCUT2D eigenvalue weighted by atomic mass is 10.0. The topological polar surface area (TPSA) is 74.2 Å². The van der Waals surface area contributed by atoms with E-state index < -0.39 is 0 Å². The molecular formula is C20H22N4O2S. The number of benzene rings is 1. The fourth-order valence-electron chi connectivity index (χ4n) is 4.22. The standard InChI is InChI=1S/C20H22N4O2S/c1-12-14(19(26)24-8-9-27-20(24)21-12)4-6-23-7-5-18-16(11-23)15-10-13(25)2-3-17(15)22-18/h2-3,10,22,25H,4-9,11H2,1H3. The number of nitrogens with one attached hydrogen (secondary N) is 1. The number of aromatic nitrogens is 3. The Morgan fingerprint density at radius 2 is 2.22 bits per heavy atom. The first-order valence-electron chi connectivity index (χ1n) is 9.38. The predicted molar refractivity (Wildman–Crippen MR) is 107 cm³/mol. The van der Waals surface area contributed by atoms with Gasteiger partial charge < -0.3 is 10.1 Å². The van der Waals surface area contributed by atoms with Gasteiger partial charge in [-0.15, -0.1) is 0 Å². The van der Waals surface area contributed by atoms with Crippen molar-refractivity contribution in [2.24, 2.45) is 0 Å². The van der Waals surface area contributed by atoms with Gasteiger partial charge >= 0.3 is 0 Å². The third-order valence-electron chi connectivity index (χ3n) is 5.70. The van der Waals surface area contributed by atoms with E-state index in [0.29, 0.717) is 5.75 Å². The van der Waals surface area contributed by atoms with Gasteiger partial charge in [0, 0.05) is 66.2 Å². The maximum Gasteiger partial charge on any atom is 0.257 e. The van der Waals surface area contributed by atoms with Gasteiger partial charge in [0.15, 0.2) is 5.16 Å². The van der Waals surface area contributed by atoms with Crippen molar-refractivity contribution in [3.63, 3.8) is 0 Å². The lowest BCUT2D eigenvalue weighted by Gasteiger charge is -2.27. The molecule has 2 N–H and O–H groups in total. The number of aryl methyl sites for hydroxylation is 1. The molecular weight excluding hydrogens is 360 g/mol. The second-order valence-corrected chi connectivity index (χ2v) is 8.41. The number of hydrogen-bond acceptors (Lipinski definition) is 5. The van der Waals surface area contributed by atoms with Crippen LogP contribution in [0.15, 0.2) is 28.2 Å². The van der Waals surface area contributed by atoms with E-state index in [1.165, 1.54) is 11.3 Å². The van der Waals surface area contributed by atoms with Crippen molar-refractivity contribution in [2.75, 3.05) is 18.8 Å². The Morgan fingerprint density at radius 3 is 3.11 bits per heavy atom. The predicted octanol–water partition coefficient (Wildman–Crippen LogP) is 2.45. The summed E-state index contributed by atoms with van der Waals surface area (Å²) in [7, 11) is 0. The zero-order valence-electron chi connectivity index (χ0n) is 15.3. The van der Waals surface area contributed by atoms with Gasteiger partial charge in [0.1, 0.15) is 5.75 Å². The summed E-state index contributed by atoms with van der Waals surface area (Å²) in [5, 5.41) is 11.8. The van der Waals surface area contributed by atoms with Crippen LogP contribution in [-0.2, 0) is 25.9 Å². The average molecular weight is 382 g/mol. The molecule has 0 aliphatic carbocycles. The molecule has 2 aliphatic heterocycles. The van der Waals surface area contributed by atoms with Crippen LogP contribution < -0.4 is 5.56 Å². The summed E-state index contributed by atoms with van der Waals surface area (Å²) in [6.07, 6.45) is 1.69. The quantitative estimate of drug-likeness (QED) is 0.681. The first-order chi connectivity index (χ1) is 13.1. The number of aromatic amines is 1. The highest BCUT2D eigenvalue weighted by molar-refractivity contribution is 7.99. The van der Waals surface area contributed by atoms with Crippen molar-refractivity contribution >= 4 is 22.7 Å². The average Bonchev–Trinajstić information content (AvgIpc) is 3.25. The molecule has 0 atom stereocenters. The molecule has 2 aromatic heterocycles. The molecule has 140 valence electrons. The van der Waals surface area contributed by atoms with E-state index in [1.54, 1.807) is 17.8 Å². The van der Waals surface area contributed by atoms with E-state index in [2.05, 4.69) is 14.9 Å². The number of nitrogens with zero attached hydrogens (tertiary/aromatic N) is 3. The summed E-state index contributed by atoms with van der Waals surface area (Å²) in [6.45, 7) is 5.38. The van der Waals surface area contributed by atoms with E-state index in [1.807, 2.05) is 23.6 Å². The van der Waals surface area contributed by atoms with Crippen LogP contribution in [0.25, 0.3) is 10.9 Å². The van der Waals surface area contributed by atoms with E-state index in [0.717, 1.165) is 72.1 Å². The minimum absolute atomic E-state index is 0.136. The van der Waals surface area contributed by atoms with Crippen LogP contribution >= 0.6 is 11.8 Å². The van der Waals surface area contributed by atoms with Crippen LogP contribution in [0, 0.1) is 6.92 Å². The molecule has 0 radical (unpaired) electrons. The Morgan fingerprint density at radius 1 is 1.33 bits per heavy atom. The molecule has 4 heterocycles. The molecule has 5 rings (SSSR count). The molecule has 3 aromatic rings. The summed E-state index contributed by atoms with van der Waals surface area (Å²) in [6, 6.07) is 5.50. The van der Waals surface area contributed by atoms with Gasteiger partial charge in [0.25, 0.3) is 5.56 Å². The van der Waals surface area contributed by atoms with Crippen LogP contribution in [0.1, 0.15) is 22.5 Å². The van der Waals surface area contributed by atoms with Crippen LogP contribution in [0.5, 0.6) is 5.75 Å². The van der Waals surface area contributed by atoms with Gasteiger partial charge in [-0.05, 0) is 37.1 Å².